The third-order valence-electron chi connectivity index (χ3n) is 4.89. The Morgan fingerprint density at radius 2 is 1.88 bits per heavy atom. The average molecular weight is 397 g/mol. The second-order valence-corrected chi connectivity index (χ2v) is 7.78. The summed E-state index contributed by atoms with van der Waals surface area (Å²) in [5, 5.41) is 16.0. The molecular weight excluding hydrogens is 372 g/mol. The molecule has 142 valence electrons. The van der Waals surface area contributed by atoms with Crippen molar-refractivity contribution < 1.29 is 9.53 Å². The van der Waals surface area contributed by atoms with E-state index in [1.807, 2.05) is 18.2 Å². The van der Waals surface area contributed by atoms with Crippen LogP contribution in [0.2, 0.25) is 0 Å². The van der Waals surface area contributed by atoms with Gasteiger partial charge < -0.3 is 10.1 Å². The first-order chi connectivity index (χ1) is 12.0. The zero-order chi connectivity index (χ0) is 17.9. The van der Waals surface area contributed by atoms with Crippen molar-refractivity contribution in [2.75, 3.05) is 25.5 Å². The second kappa shape index (κ2) is 8.43. The summed E-state index contributed by atoms with van der Waals surface area (Å²) in [6, 6.07) is 10.2. The normalized spacial score (nSPS) is 16.6. The molecule has 1 aliphatic heterocycles. The summed E-state index contributed by atoms with van der Waals surface area (Å²) in [6.45, 7) is 5.75. The molecule has 1 aromatic heterocycles. The van der Waals surface area contributed by atoms with Crippen molar-refractivity contribution >= 4 is 34.8 Å². The lowest BCUT2D eigenvalue weighted by Crippen LogP contribution is -2.51. The predicted octanol–water partition coefficient (Wildman–Crippen LogP) is 2.99. The summed E-state index contributed by atoms with van der Waals surface area (Å²) in [5.74, 6) is -0.142. The molecular formula is C18H25ClN4O2S. The summed E-state index contributed by atoms with van der Waals surface area (Å²) in [7, 11) is 1.59. The van der Waals surface area contributed by atoms with E-state index in [1.54, 1.807) is 7.11 Å². The molecule has 1 aliphatic rings. The van der Waals surface area contributed by atoms with Crippen molar-refractivity contribution in [3.05, 3.63) is 40.9 Å². The van der Waals surface area contributed by atoms with Gasteiger partial charge in [-0.3, -0.25) is 10.1 Å². The molecule has 3 rings (SSSR count). The number of anilines is 1. The van der Waals surface area contributed by atoms with E-state index in [9.17, 15) is 4.79 Å². The number of carbonyl (C=O) groups excluding carboxylic acids is 1. The fraction of sp³-hybridized carbons (Fsp3) is 0.500. The van der Waals surface area contributed by atoms with E-state index in [2.05, 4.69) is 46.8 Å². The van der Waals surface area contributed by atoms with Gasteiger partial charge in [0.15, 0.2) is 0 Å². The molecule has 1 aromatic carbocycles. The molecule has 6 nitrogen and oxygen atoms in total. The summed E-state index contributed by atoms with van der Waals surface area (Å²) in [5.41, 5.74) is 0.109. The highest BCUT2D eigenvalue weighted by atomic mass is 35.5. The number of aromatic nitrogens is 2. The summed E-state index contributed by atoms with van der Waals surface area (Å²) >= 11 is 1.41. The fourth-order valence-electron chi connectivity index (χ4n) is 3.07. The van der Waals surface area contributed by atoms with Crippen LogP contribution in [0.4, 0.5) is 5.13 Å². The highest BCUT2D eigenvalue weighted by Crippen LogP contribution is 2.35. The highest BCUT2D eigenvalue weighted by molar-refractivity contribution is 7.15. The molecule has 0 atom stereocenters. The minimum atomic E-state index is -0.786. The van der Waals surface area contributed by atoms with Crippen molar-refractivity contribution in [2.45, 2.75) is 37.7 Å². The molecule has 1 fully saturated rings. The Labute approximate surface area is 164 Å². The van der Waals surface area contributed by atoms with Crippen LogP contribution < -0.4 is 10.6 Å². The molecule has 0 saturated carbocycles. The van der Waals surface area contributed by atoms with Crippen LogP contribution in [0.1, 0.15) is 37.3 Å². The minimum Gasteiger partial charge on any atom is -0.368 e. The number of hydrogen-bond donors (Lipinski definition) is 2. The first-order valence-corrected chi connectivity index (χ1v) is 9.26. The van der Waals surface area contributed by atoms with Gasteiger partial charge in [0.2, 0.25) is 5.13 Å². The van der Waals surface area contributed by atoms with Gasteiger partial charge in [-0.15, -0.1) is 22.6 Å². The van der Waals surface area contributed by atoms with Gasteiger partial charge in [0, 0.05) is 12.5 Å². The van der Waals surface area contributed by atoms with E-state index in [0.29, 0.717) is 18.0 Å². The maximum absolute atomic E-state index is 12.7. The molecule has 8 heteroatoms. The minimum absolute atomic E-state index is 0. The number of hydrogen-bond acceptors (Lipinski definition) is 6. The smallest absolute Gasteiger partial charge is 0.258 e. The Hall–Kier alpha value is -1.54. The van der Waals surface area contributed by atoms with Crippen molar-refractivity contribution in [3.8, 4) is 0 Å². The van der Waals surface area contributed by atoms with Crippen molar-refractivity contribution in [3.63, 3.8) is 0 Å². The molecule has 2 N–H and O–H groups in total. The van der Waals surface area contributed by atoms with Gasteiger partial charge in [-0.1, -0.05) is 41.7 Å². The Kier molecular flexibility index (Phi) is 6.74. The molecule has 0 aliphatic carbocycles. The zero-order valence-corrected chi connectivity index (χ0v) is 16.9. The summed E-state index contributed by atoms with van der Waals surface area (Å²) in [4.78, 5) is 12.7. The molecule has 1 saturated heterocycles. The first-order valence-electron chi connectivity index (χ1n) is 8.45. The number of benzene rings is 1. The number of methoxy groups -OCH3 is 1. The van der Waals surface area contributed by atoms with Gasteiger partial charge in [-0.2, -0.15) is 0 Å². The van der Waals surface area contributed by atoms with E-state index in [-0.39, 0.29) is 23.7 Å². The molecule has 2 heterocycles. The zero-order valence-electron chi connectivity index (χ0n) is 15.2. The van der Waals surface area contributed by atoms with Crippen LogP contribution >= 0.6 is 23.7 Å². The lowest BCUT2D eigenvalue weighted by molar-refractivity contribution is -0.140. The van der Waals surface area contributed by atoms with Crippen molar-refractivity contribution in [1.82, 2.24) is 15.5 Å². The Balaban J connectivity index is 0.00000243. The Morgan fingerprint density at radius 3 is 2.50 bits per heavy atom. The van der Waals surface area contributed by atoms with E-state index >= 15 is 0 Å². The van der Waals surface area contributed by atoms with Crippen LogP contribution in [0.5, 0.6) is 0 Å². The SMILES string of the molecule is COC1(C(=O)Nc2nnc(C(C)(C)c3ccccc3)s2)CCNCC1.Cl. The molecule has 0 spiro atoms. The number of carbonyl (C=O) groups is 1. The number of rotatable bonds is 5. The van der Waals surface area contributed by atoms with Crippen molar-refractivity contribution in [2.24, 2.45) is 0 Å². The summed E-state index contributed by atoms with van der Waals surface area (Å²) < 4.78 is 5.56. The largest absolute Gasteiger partial charge is 0.368 e. The van der Waals surface area contributed by atoms with Crippen LogP contribution in [-0.2, 0) is 14.9 Å². The van der Waals surface area contributed by atoms with Gasteiger partial charge in [-0.25, -0.2) is 0 Å². The number of nitrogens with zero attached hydrogens (tertiary/aromatic N) is 2. The number of amides is 1. The fourth-order valence-corrected chi connectivity index (χ4v) is 3.93. The van der Waals surface area contributed by atoms with Gasteiger partial charge >= 0.3 is 0 Å². The number of halogens is 1. The van der Waals surface area contributed by atoms with Crippen molar-refractivity contribution in [1.29, 1.82) is 0 Å². The molecule has 26 heavy (non-hydrogen) atoms. The van der Waals surface area contributed by atoms with E-state index < -0.39 is 5.60 Å². The van der Waals surface area contributed by atoms with Crippen LogP contribution in [0.15, 0.2) is 30.3 Å². The standard InChI is InChI=1S/C18H24N4O2S.ClH/c1-17(2,13-7-5-4-6-8-13)15-21-22-16(25-15)20-14(23)18(24-3)9-11-19-12-10-18;/h4-8,19H,9-12H2,1-3H3,(H,20,22,23);1H. The maximum atomic E-state index is 12.7. The van der Waals surface area contributed by atoms with Gasteiger partial charge in [-0.05, 0) is 45.3 Å². The van der Waals surface area contributed by atoms with E-state index in [0.717, 1.165) is 23.7 Å². The number of nitrogens with one attached hydrogen (secondary N) is 2. The average Bonchev–Trinajstić information content (AvgIpc) is 3.12. The Morgan fingerprint density at radius 1 is 1.23 bits per heavy atom. The molecule has 0 bridgehead atoms. The highest BCUT2D eigenvalue weighted by Gasteiger charge is 2.40. The van der Waals surface area contributed by atoms with Gasteiger partial charge in [0.25, 0.3) is 5.91 Å². The number of piperidine rings is 1. The molecule has 0 radical (unpaired) electrons. The molecule has 2 aromatic rings. The topological polar surface area (TPSA) is 76.1 Å². The quantitative estimate of drug-likeness (QED) is 0.812. The third-order valence-corrected chi connectivity index (χ3v) is 6.05. The first kappa shape index (κ1) is 20.8. The maximum Gasteiger partial charge on any atom is 0.258 e. The van der Waals surface area contributed by atoms with E-state index in [1.165, 1.54) is 11.3 Å². The molecule has 0 unspecified atom stereocenters. The predicted molar refractivity (Wildman–Crippen MR) is 106 cm³/mol. The second-order valence-electron chi connectivity index (χ2n) is 6.81. The van der Waals surface area contributed by atoms with E-state index in [4.69, 9.17) is 4.74 Å². The lowest BCUT2D eigenvalue weighted by atomic mass is 9.85. The monoisotopic (exact) mass is 396 g/mol. The van der Waals surface area contributed by atoms with Gasteiger partial charge in [0.1, 0.15) is 10.6 Å². The van der Waals surface area contributed by atoms with Crippen LogP contribution in [0.25, 0.3) is 0 Å². The van der Waals surface area contributed by atoms with Crippen LogP contribution in [0.3, 0.4) is 0 Å². The summed E-state index contributed by atoms with van der Waals surface area (Å²) in [6.07, 6.45) is 1.30. The van der Waals surface area contributed by atoms with Gasteiger partial charge in [0.05, 0.1) is 0 Å². The molecule has 1 amide bonds. The van der Waals surface area contributed by atoms with Crippen LogP contribution in [-0.4, -0.2) is 41.9 Å². The Bertz CT molecular complexity index is 730. The lowest BCUT2D eigenvalue weighted by Gasteiger charge is -2.34. The number of ether oxygens (including phenoxy) is 1. The third kappa shape index (κ3) is 4.06. The van der Waals surface area contributed by atoms with Crippen LogP contribution in [0, 0.1) is 0 Å².